The lowest BCUT2D eigenvalue weighted by atomic mass is 10.3. The number of halogens is 4. The SMILES string of the molecule is CC(C)(C)[P@@]1(=O)COc2cccc(F)c21.CC(C)(C)[P@@]1(=O)COc2cccc(OS(=O)(=O)C(F)(F)F)c21. The lowest BCUT2D eigenvalue weighted by Gasteiger charge is -2.27. The molecule has 0 aromatic heterocycles. The van der Waals surface area contributed by atoms with Crippen molar-refractivity contribution in [1.29, 1.82) is 0 Å². The third kappa shape index (κ3) is 5.17. The van der Waals surface area contributed by atoms with Gasteiger partial charge in [-0.05, 0) is 24.3 Å². The second-order valence-electron chi connectivity index (χ2n) is 10.5. The van der Waals surface area contributed by atoms with Crippen molar-refractivity contribution in [3.63, 3.8) is 0 Å². The summed E-state index contributed by atoms with van der Waals surface area (Å²) in [6.45, 7) is 10.5. The van der Waals surface area contributed by atoms with Crippen LogP contribution in [-0.4, -0.2) is 36.9 Å². The van der Waals surface area contributed by atoms with Crippen LogP contribution in [0.1, 0.15) is 41.5 Å². The third-order valence-electron chi connectivity index (χ3n) is 6.09. The molecule has 2 atom stereocenters. The minimum absolute atomic E-state index is 0.0770. The molecule has 0 saturated carbocycles. The van der Waals surface area contributed by atoms with Crippen LogP contribution in [0, 0.1) is 5.82 Å². The zero-order valence-electron chi connectivity index (χ0n) is 21.1. The zero-order valence-corrected chi connectivity index (χ0v) is 23.7. The fraction of sp³-hybridized carbons (Fsp3) is 0.478. The van der Waals surface area contributed by atoms with Gasteiger partial charge in [-0.1, -0.05) is 53.7 Å². The second kappa shape index (κ2) is 9.31. The number of alkyl halides is 3. The van der Waals surface area contributed by atoms with Crippen molar-refractivity contribution in [3.05, 3.63) is 42.2 Å². The molecule has 0 amide bonds. The predicted octanol–water partition coefficient (Wildman–Crippen LogP) is 6.01. The molecule has 2 aromatic carbocycles. The smallest absolute Gasteiger partial charge is 0.485 e. The van der Waals surface area contributed by atoms with Crippen LogP contribution in [0.3, 0.4) is 0 Å². The van der Waals surface area contributed by atoms with Gasteiger partial charge in [-0.15, -0.1) is 0 Å². The van der Waals surface area contributed by atoms with E-state index >= 15 is 0 Å². The van der Waals surface area contributed by atoms with Crippen LogP contribution in [0.15, 0.2) is 36.4 Å². The molecule has 37 heavy (non-hydrogen) atoms. The first-order valence-corrected chi connectivity index (χ1v) is 16.2. The average molecular weight is 586 g/mol. The molecular weight excluding hydrogens is 558 g/mol. The molecule has 0 aliphatic carbocycles. The standard InChI is InChI=1S/C12H14F3O5PS.C11H14FO2P/c1-11(2,3)21(16)7-19-8-5-4-6-9(10(8)21)20-22(17,18)12(13,14)15;1-11(2,3)15(13)7-14-9-6-4-5-8(12)10(9)15/h4-6H,7H2,1-3H3;4-6H,7H2,1-3H3/t21-;15-/m11/s1. The molecule has 206 valence electrons. The highest BCUT2D eigenvalue weighted by molar-refractivity contribution is 7.88. The highest BCUT2D eigenvalue weighted by atomic mass is 32.2. The fourth-order valence-electron chi connectivity index (χ4n) is 3.68. The minimum atomic E-state index is -5.84. The van der Waals surface area contributed by atoms with Gasteiger partial charge in [0.1, 0.15) is 35.3 Å². The maximum Gasteiger partial charge on any atom is 0.534 e. The average Bonchev–Trinajstić information content (AvgIpc) is 3.28. The molecule has 0 N–H and O–H groups in total. The highest BCUT2D eigenvalue weighted by Crippen LogP contribution is 2.63. The third-order valence-corrected chi connectivity index (χ3v) is 14.7. The Morgan fingerprint density at radius 3 is 1.68 bits per heavy atom. The molecule has 2 heterocycles. The number of ether oxygens (including phenoxy) is 2. The summed E-state index contributed by atoms with van der Waals surface area (Å²) in [4.78, 5) is 0. The summed E-state index contributed by atoms with van der Waals surface area (Å²) >= 11 is 0. The van der Waals surface area contributed by atoms with Crippen molar-refractivity contribution < 1.29 is 48.8 Å². The number of hydrogen-bond acceptors (Lipinski definition) is 7. The quantitative estimate of drug-likeness (QED) is 0.184. The van der Waals surface area contributed by atoms with Gasteiger partial charge in [-0.25, -0.2) is 4.39 Å². The Bertz CT molecular complexity index is 1410. The summed E-state index contributed by atoms with van der Waals surface area (Å²) in [5.74, 6) is -0.504. The van der Waals surface area contributed by atoms with E-state index in [0.29, 0.717) is 5.75 Å². The Morgan fingerprint density at radius 2 is 1.22 bits per heavy atom. The van der Waals surface area contributed by atoms with Gasteiger partial charge < -0.3 is 22.8 Å². The van der Waals surface area contributed by atoms with Crippen LogP contribution in [0.25, 0.3) is 0 Å². The van der Waals surface area contributed by atoms with Gasteiger partial charge in [0, 0.05) is 10.3 Å². The van der Waals surface area contributed by atoms with Crippen LogP contribution < -0.4 is 24.3 Å². The van der Waals surface area contributed by atoms with Crippen molar-refractivity contribution in [1.82, 2.24) is 0 Å². The molecule has 0 unspecified atom stereocenters. The normalized spacial score (nSPS) is 23.2. The molecule has 0 radical (unpaired) electrons. The Labute approximate surface area is 213 Å². The van der Waals surface area contributed by atoms with Gasteiger partial charge in [-0.2, -0.15) is 21.6 Å². The van der Waals surface area contributed by atoms with E-state index < -0.39 is 51.8 Å². The van der Waals surface area contributed by atoms with Gasteiger partial charge >= 0.3 is 15.6 Å². The molecule has 0 fully saturated rings. The minimum Gasteiger partial charge on any atom is -0.485 e. The van der Waals surface area contributed by atoms with Crippen molar-refractivity contribution in [3.8, 4) is 17.2 Å². The molecule has 2 aromatic rings. The predicted molar refractivity (Wildman–Crippen MR) is 133 cm³/mol. The van der Waals surface area contributed by atoms with E-state index in [0.717, 1.165) is 6.07 Å². The molecule has 0 spiro atoms. The van der Waals surface area contributed by atoms with Crippen LogP contribution in [0.5, 0.6) is 17.2 Å². The Balaban J connectivity index is 0.000000220. The van der Waals surface area contributed by atoms with Gasteiger partial charge in [0.2, 0.25) is 0 Å². The van der Waals surface area contributed by atoms with Crippen LogP contribution in [0.4, 0.5) is 17.6 Å². The van der Waals surface area contributed by atoms with E-state index in [4.69, 9.17) is 9.47 Å². The van der Waals surface area contributed by atoms with E-state index in [1.54, 1.807) is 32.9 Å². The molecule has 2 aliphatic heterocycles. The van der Waals surface area contributed by atoms with Gasteiger partial charge in [0.05, 0.1) is 5.30 Å². The van der Waals surface area contributed by atoms with Crippen LogP contribution in [-0.2, 0) is 19.2 Å². The van der Waals surface area contributed by atoms with Crippen LogP contribution >= 0.6 is 14.3 Å². The van der Waals surface area contributed by atoms with Crippen LogP contribution in [0.2, 0.25) is 0 Å². The van der Waals surface area contributed by atoms with Crippen molar-refractivity contribution >= 4 is 35.0 Å². The molecule has 0 bridgehead atoms. The first kappa shape index (κ1) is 29.5. The van der Waals surface area contributed by atoms with E-state index in [2.05, 4.69) is 4.18 Å². The first-order chi connectivity index (χ1) is 16.7. The molecule has 2 aliphatic rings. The molecule has 7 nitrogen and oxygen atoms in total. The topological polar surface area (TPSA) is 96.0 Å². The highest BCUT2D eigenvalue weighted by Gasteiger charge is 2.52. The molecular formula is C23H28F4O7P2S. The van der Waals surface area contributed by atoms with Gasteiger partial charge in [0.25, 0.3) is 0 Å². The van der Waals surface area contributed by atoms with E-state index in [1.807, 2.05) is 20.8 Å². The summed E-state index contributed by atoms with van der Waals surface area (Å²) in [5.41, 5.74) is -5.57. The molecule has 0 saturated heterocycles. The van der Waals surface area contributed by atoms with Gasteiger partial charge in [-0.3, -0.25) is 0 Å². The van der Waals surface area contributed by atoms with E-state index in [-0.39, 0.29) is 29.1 Å². The summed E-state index contributed by atoms with van der Waals surface area (Å²) in [7, 11) is -11.9. The molecule has 4 rings (SSSR count). The van der Waals surface area contributed by atoms with E-state index in [1.165, 1.54) is 18.2 Å². The summed E-state index contributed by atoms with van der Waals surface area (Å²) in [5, 5.41) is -1.09. The zero-order chi connectivity index (χ0) is 28.2. The number of benzene rings is 2. The summed E-state index contributed by atoms with van der Waals surface area (Å²) in [6, 6.07) is 8.31. The summed E-state index contributed by atoms with van der Waals surface area (Å²) < 4.78 is 114. The van der Waals surface area contributed by atoms with E-state index in [9.17, 15) is 35.1 Å². The maximum absolute atomic E-state index is 13.7. The van der Waals surface area contributed by atoms with Crippen molar-refractivity contribution in [2.45, 2.75) is 57.4 Å². The maximum atomic E-state index is 13.7. The monoisotopic (exact) mass is 586 g/mol. The largest absolute Gasteiger partial charge is 0.534 e. The summed E-state index contributed by atoms with van der Waals surface area (Å²) in [6.07, 6.45) is -0.0922. The fourth-order valence-corrected chi connectivity index (χ4v) is 9.11. The Hall–Kier alpha value is -2.03. The van der Waals surface area contributed by atoms with Gasteiger partial charge in [0.15, 0.2) is 20.0 Å². The lowest BCUT2D eigenvalue weighted by Crippen LogP contribution is -2.30. The first-order valence-electron chi connectivity index (χ1n) is 11.0. The second-order valence-corrected chi connectivity index (χ2v) is 19.1. The Morgan fingerprint density at radius 1 is 0.784 bits per heavy atom. The van der Waals surface area contributed by atoms with Crippen molar-refractivity contribution in [2.24, 2.45) is 0 Å². The molecule has 14 heteroatoms. The number of rotatable bonds is 2. The van der Waals surface area contributed by atoms with Crippen molar-refractivity contribution in [2.75, 3.05) is 12.7 Å². The number of fused-ring (bicyclic) bond motifs is 2. The number of hydrogen-bond donors (Lipinski definition) is 0. The Kier molecular flexibility index (Phi) is 7.43. The lowest BCUT2D eigenvalue weighted by molar-refractivity contribution is -0.0499.